The van der Waals surface area contributed by atoms with E-state index in [1.165, 1.54) is 12.3 Å². The van der Waals surface area contributed by atoms with E-state index in [2.05, 4.69) is 5.32 Å². The van der Waals surface area contributed by atoms with Gasteiger partial charge in [-0.3, -0.25) is 4.79 Å². The van der Waals surface area contributed by atoms with Gasteiger partial charge in [-0.1, -0.05) is 0 Å². The van der Waals surface area contributed by atoms with Gasteiger partial charge in [0.05, 0.1) is 6.61 Å². The summed E-state index contributed by atoms with van der Waals surface area (Å²) in [5.74, 6) is -0.246. The second kappa shape index (κ2) is 9.64. The van der Waals surface area contributed by atoms with E-state index in [9.17, 15) is 4.79 Å². The van der Waals surface area contributed by atoms with Gasteiger partial charge in [-0.15, -0.1) is 0 Å². The number of carbonyl (C=O) groups is 1. The molecule has 0 aliphatic heterocycles. The molecule has 0 aliphatic rings. The molecule has 88 valence electrons. The summed E-state index contributed by atoms with van der Waals surface area (Å²) >= 11 is 0. The molecular weight excluding hydrogens is 198 g/mol. The molecule has 0 unspecified atom stereocenters. The zero-order chi connectivity index (χ0) is 11.5. The van der Waals surface area contributed by atoms with Crippen molar-refractivity contribution in [2.45, 2.75) is 20.1 Å². The van der Waals surface area contributed by atoms with Crippen molar-refractivity contribution in [3.63, 3.8) is 0 Å². The minimum Gasteiger partial charge on any atom is -0.395 e. The van der Waals surface area contributed by atoms with E-state index >= 15 is 0 Å². The van der Waals surface area contributed by atoms with Crippen LogP contribution < -0.4 is 5.32 Å². The highest BCUT2D eigenvalue weighted by Gasteiger charge is 2.15. The highest BCUT2D eigenvalue weighted by Crippen LogP contribution is 1.97. The summed E-state index contributed by atoms with van der Waals surface area (Å²) in [5, 5.41) is 11.2. The van der Waals surface area contributed by atoms with Crippen LogP contribution >= 0.6 is 0 Å². The van der Waals surface area contributed by atoms with Crippen LogP contribution in [-0.2, 0) is 14.3 Å². The van der Waals surface area contributed by atoms with Crippen molar-refractivity contribution in [3.8, 4) is 0 Å². The maximum Gasteiger partial charge on any atom is 0.222 e. The van der Waals surface area contributed by atoms with Gasteiger partial charge in [-0.05, 0) is 13.8 Å². The number of carbonyl (C=O) groups excluding carboxylic acids is 1. The lowest BCUT2D eigenvalue weighted by molar-refractivity contribution is -0.162. The molecule has 0 amide bonds. The van der Waals surface area contributed by atoms with Gasteiger partial charge in [-0.25, -0.2) is 0 Å². The van der Waals surface area contributed by atoms with Crippen LogP contribution in [0.25, 0.3) is 0 Å². The zero-order valence-corrected chi connectivity index (χ0v) is 9.23. The van der Waals surface area contributed by atoms with Gasteiger partial charge >= 0.3 is 0 Å². The Morgan fingerprint density at radius 3 is 2.47 bits per heavy atom. The highest BCUT2D eigenvalue weighted by molar-refractivity contribution is 5.92. The Labute approximate surface area is 90.1 Å². The number of ether oxygens (including phenoxy) is 2. The summed E-state index contributed by atoms with van der Waals surface area (Å²) in [6.07, 6.45) is 1.99. The van der Waals surface area contributed by atoms with Crippen LogP contribution in [0.15, 0.2) is 12.3 Å². The van der Waals surface area contributed by atoms with Crippen molar-refractivity contribution >= 4 is 5.78 Å². The molecule has 0 radical (unpaired) electrons. The molecule has 0 aromatic carbocycles. The molecule has 0 aromatic heterocycles. The quantitative estimate of drug-likeness (QED) is 0.324. The molecule has 5 heteroatoms. The Kier molecular flexibility index (Phi) is 9.05. The van der Waals surface area contributed by atoms with Gasteiger partial charge in [0, 0.05) is 32.0 Å². The molecular formula is C10H19NO4. The molecule has 0 fully saturated rings. The fourth-order valence-electron chi connectivity index (χ4n) is 0.883. The topological polar surface area (TPSA) is 67.8 Å². The number of rotatable bonds is 9. The number of aliphatic hydroxyl groups excluding tert-OH is 1. The normalized spacial score (nSPS) is 11.2. The minimum atomic E-state index is -0.827. The summed E-state index contributed by atoms with van der Waals surface area (Å²) in [7, 11) is 0. The van der Waals surface area contributed by atoms with Crippen LogP contribution in [0.2, 0.25) is 0 Å². The van der Waals surface area contributed by atoms with E-state index in [0.29, 0.717) is 19.8 Å². The van der Waals surface area contributed by atoms with E-state index in [4.69, 9.17) is 14.6 Å². The fourth-order valence-corrected chi connectivity index (χ4v) is 0.883. The van der Waals surface area contributed by atoms with Crippen molar-refractivity contribution in [2.24, 2.45) is 0 Å². The standard InChI is InChI=1S/C10H19NO4/c1-3-14-10(15-4-2)9(13)5-6-11-7-8-12/h5-6,10-12H,3-4,7-8H2,1-2H3/b6-5-. The third-order valence-electron chi connectivity index (χ3n) is 1.49. The van der Waals surface area contributed by atoms with Crippen LogP contribution in [0.1, 0.15) is 13.8 Å². The molecule has 0 atom stereocenters. The second-order valence-electron chi connectivity index (χ2n) is 2.66. The Balaban J connectivity index is 3.95. The molecule has 0 heterocycles. The lowest BCUT2D eigenvalue weighted by Gasteiger charge is -2.13. The van der Waals surface area contributed by atoms with E-state index in [1.807, 2.05) is 0 Å². The Bertz CT molecular complexity index is 188. The van der Waals surface area contributed by atoms with Crippen molar-refractivity contribution in [1.82, 2.24) is 5.32 Å². The lowest BCUT2D eigenvalue weighted by Crippen LogP contribution is -2.26. The second-order valence-corrected chi connectivity index (χ2v) is 2.66. The molecule has 0 bridgehead atoms. The van der Waals surface area contributed by atoms with Gasteiger partial charge in [0.15, 0.2) is 0 Å². The van der Waals surface area contributed by atoms with Gasteiger partial charge < -0.3 is 19.9 Å². The molecule has 0 saturated carbocycles. The highest BCUT2D eigenvalue weighted by atomic mass is 16.7. The number of aliphatic hydroxyl groups is 1. The SMILES string of the molecule is CCOC(OCC)C(=O)/C=C\NCCO. The van der Waals surface area contributed by atoms with E-state index in [0.717, 1.165) is 0 Å². The third-order valence-corrected chi connectivity index (χ3v) is 1.49. The summed E-state index contributed by atoms with van der Waals surface area (Å²) in [4.78, 5) is 11.4. The number of hydrogen-bond acceptors (Lipinski definition) is 5. The van der Waals surface area contributed by atoms with Crippen LogP contribution in [0, 0.1) is 0 Å². The summed E-state index contributed by atoms with van der Waals surface area (Å²) in [5.41, 5.74) is 0. The van der Waals surface area contributed by atoms with Crippen molar-refractivity contribution in [3.05, 3.63) is 12.3 Å². The zero-order valence-electron chi connectivity index (χ0n) is 9.23. The molecule has 0 spiro atoms. The van der Waals surface area contributed by atoms with Crippen LogP contribution in [0.5, 0.6) is 0 Å². The first kappa shape index (κ1) is 14.1. The predicted molar refractivity (Wildman–Crippen MR) is 56.3 cm³/mol. The predicted octanol–water partition coefficient (Wildman–Crippen LogP) is 0.0502. The Morgan fingerprint density at radius 2 is 2.00 bits per heavy atom. The first-order chi connectivity index (χ1) is 7.26. The fraction of sp³-hybridized carbons (Fsp3) is 0.700. The maximum atomic E-state index is 11.4. The van der Waals surface area contributed by atoms with Crippen molar-refractivity contribution in [2.75, 3.05) is 26.4 Å². The van der Waals surface area contributed by atoms with Gasteiger partial charge in [0.2, 0.25) is 12.1 Å². The first-order valence-corrected chi connectivity index (χ1v) is 5.04. The molecule has 0 aromatic rings. The molecule has 0 saturated heterocycles. The number of ketones is 1. The third kappa shape index (κ3) is 7.07. The average Bonchev–Trinajstić information content (AvgIpc) is 2.24. The van der Waals surface area contributed by atoms with E-state index in [-0.39, 0.29) is 12.4 Å². The van der Waals surface area contributed by atoms with Gasteiger partial charge in [-0.2, -0.15) is 0 Å². The smallest absolute Gasteiger partial charge is 0.222 e. The number of nitrogens with one attached hydrogen (secondary N) is 1. The largest absolute Gasteiger partial charge is 0.395 e. The van der Waals surface area contributed by atoms with Crippen molar-refractivity contribution in [1.29, 1.82) is 0 Å². The first-order valence-electron chi connectivity index (χ1n) is 5.04. The summed E-state index contributed by atoms with van der Waals surface area (Å²) < 4.78 is 10.2. The lowest BCUT2D eigenvalue weighted by atomic mass is 10.3. The monoisotopic (exact) mass is 217 g/mol. The van der Waals surface area contributed by atoms with E-state index < -0.39 is 6.29 Å². The maximum absolute atomic E-state index is 11.4. The average molecular weight is 217 g/mol. The molecule has 15 heavy (non-hydrogen) atoms. The molecule has 0 aliphatic carbocycles. The summed E-state index contributed by atoms with van der Waals surface area (Å²) in [6, 6.07) is 0. The molecule has 2 N–H and O–H groups in total. The van der Waals surface area contributed by atoms with Crippen LogP contribution in [-0.4, -0.2) is 43.5 Å². The van der Waals surface area contributed by atoms with Crippen molar-refractivity contribution < 1.29 is 19.4 Å². The molecule has 0 rings (SSSR count). The van der Waals surface area contributed by atoms with Crippen LogP contribution in [0.4, 0.5) is 0 Å². The van der Waals surface area contributed by atoms with Gasteiger partial charge in [0.25, 0.3) is 0 Å². The summed E-state index contributed by atoms with van der Waals surface area (Å²) in [6.45, 7) is 4.89. The van der Waals surface area contributed by atoms with Crippen LogP contribution in [0.3, 0.4) is 0 Å². The number of hydrogen-bond donors (Lipinski definition) is 2. The van der Waals surface area contributed by atoms with Gasteiger partial charge in [0.1, 0.15) is 0 Å². The van der Waals surface area contributed by atoms with E-state index in [1.54, 1.807) is 13.8 Å². The Morgan fingerprint density at radius 1 is 1.40 bits per heavy atom. The Hall–Kier alpha value is -0.910. The minimum absolute atomic E-state index is 0.0267. The molecule has 5 nitrogen and oxygen atoms in total.